The molecule has 0 spiro atoms. The highest BCUT2D eigenvalue weighted by molar-refractivity contribution is 6.74. The van der Waals surface area contributed by atoms with Crippen LogP contribution in [0.5, 0.6) is 0 Å². The SMILES string of the molecule is CC(C)(C)[Si](C)(C)OC[C@]1(F)C=CC(=O)O1. The van der Waals surface area contributed by atoms with Gasteiger partial charge >= 0.3 is 5.97 Å². The molecule has 1 rings (SSSR count). The first kappa shape index (κ1) is 13.4. The van der Waals surface area contributed by atoms with Crippen LogP contribution < -0.4 is 0 Å². The van der Waals surface area contributed by atoms with Gasteiger partial charge in [0.2, 0.25) is 0 Å². The van der Waals surface area contributed by atoms with Gasteiger partial charge in [-0.25, -0.2) is 4.79 Å². The molecule has 92 valence electrons. The number of ether oxygens (including phenoxy) is 1. The second-order valence-corrected chi connectivity index (χ2v) is 10.4. The number of esters is 1. The lowest BCUT2D eigenvalue weighted by atomic mass is 10.2. The third-order valence-electron chi connectivity index (χ3n) is 3.17. The number of carbonyl (C=O) groups excluding carboxylic acids is 1. The highest BCUT2D eigenvalue weighted by atomic mass is 28.4. The minimum Gasteiger partial charge on any atom is -0.419 e. The van der Waals surface area contributed by atoms with Gasteiger partial charge < -0.3 is 9.16 Å². The predicted octanol–water partition coefficient (Wildman–Crippen LogP) is 2.79. The highest BCUT2D eigenvalue weighted by Crippen LogP contribution is 2.37. The van der Waals surface area contributed by atoms with Crippen molar-refractivity contribution in [3.8, 4) is 0 Å². The van der Waals surface area contributed by atoms with E-state index in [1.165, 1.54) is 0 Å². The zero-order valence-corrected chi connectivity index (χ0v) is 11.5. The van der Waals surface area contributed by atoms with Crippen molar-refractivity contribution in [2.24, 2.45) is 0 Å². The Morgan fingerprint density at radius 2 is 2.06 bits per heavy atom. The van der Waals surface area contributed by atoms with Crippen LogP contribution >= 0.6 is 0 Å². The van der Waals surface area contributed by atoms with E-state index in [0.717, 1.165) is 12.2 Å². The van der Waals surface area contributed by atoms with E-state index in [-0.39, 0.29) is 11.6 Å². The topological polar surface area (TPSA) is 35.5 Å². The van der Waals surface area contributed by atoms with Crippen molar-refractivity contribution in [2.75, 3.05) is 6.61 Å². The van der Waals surface area contributed by atoms with Crippen molar-refractivity contribution in [3.63, 3.8) is 0 Å². The second kappa shape index (κ2) is 3.96. The molecular weight excluding hydrogens is 227 g/mol. The average Bonchev–Trinajstić information content (AvgIpc) is 2.42. The van der Waals surface area contributed by atoms with Crippen molar-refractivity contribution in [3.05, 3.63) is 12.2 Å². The zero-order valence-electron chi connectivity index (χ0n) is 10.5. The van der Waals surface area contributed by atoms with Gasteiger partial charge in [0.05, 0.1) is 0 Å². The van der Waals surface area contributed by atoms with Gasteiger partial charge in [-0.2, -0.15) is 4.39 Å². The maximum absolute atomic E-state index is 13.8. The van der Waals surface area contributed by atoms with Gasteiger partial charge in [-0.15, -0.1) is 0 Å². The van der Waals surface area contributed by atoms with Crippen LogP contribution in [-0.4, -0.2) is 26.7 Å². The van der Waals surface area contributed by atoms with Crippen LogP contribution in [-0.2, 0) is 14.0 Å². The van der Waals surface area contributed by atoms with Gasteiger partial charge in [0.15, 0.2) is 8.32 Å². The van der Waals surface area contributed by atoms with Crippen LogP contribution in [0.1, 0.15) is 20.8 Å². The van der Waals surface area contributed by atoms with Crippen molar-refractivity contribution in [1.82, 2.24) is 0 Å². The Balaban J connectivity index is 2.59. The number of halogens is 1. The summed E-state index contributed by atoms with van der Waals surface area (Å²) in [5, 5.41) is 0.00961. The molecule has 0 aromatic rings. The highest BCUT2D eigenvalue weighted by Gasteiger charge is 2.42. The molecule has 0 fully saturated rings. The lowest BCUT2D eigenvalue weighted by Gasteiger charge is -2.37. The molecular formula is C11H19FO3Si. The van der Waals surface area contributed by atoms with E-state index in [9.17, 15) is 9.18 Å². The van der Waals surface area contributed by atoms with Gasteiger partial charge in [-0.3, -0.25) is 0 Å². The number of carbonyl (C=O) groups is 1. The van der Waals surface area contributed by atoms with E-state index in [4.69, 9.17) is 4.43 Å². The van der Waals surface area contributed by atoms with Crippen molar-refractivity contribution < 1.29 is 18.3 Å². The molecule has 0 unspecified atom stereocenters. The summed E-state index contributed by atoms with van der Waals surface area (Å²) in [6.07, 6.45) is 2.21. The molecule has 16 heavy (non-hydrogen) atoms. The monoisotopic (exact) mass is 246 g/mol. The van der Waals surface area contributed by atoms with Crippen LogP contribution in [0, 0.1) is 0 Å². The quantitative estimate of drug-likeness (QED) is 0.567. The molecule has 0 saturated heterocycles. The van der Waals surface area contributed by atoms with Crippen molar-refractivity contribution in [2.45, 2.75) is 44.8 Å². The van der Waals surface area contributed by atoms with E-state index in [1.54, 1.807) is 0 Å². The number of hydrogen-bond acceptors (Lipinski definition) is 3. The molecule has 5 heteroatoms. The Kier molecular flexibility index (Phi) is 3.31. The summed E-state index contributed by atoms with van der Waals surface area (Å²) >= 11 is 0. The molecule has 1 aliphatic heterocycles. The van der Waals surface area contributed by atoms with Crippen LogP contribution in [0.25, 0.3) is 0 Å². The Labute approximate surface area is 96.8 Å². The fraction of sp³-hybridized carbons (Fsp3) is 0.727. The van der Waals surface area contributed by atoms with Crippen LogP contribution in [0.3, 0.4) is 0 Å². The molecule has 0 aromatic carbocycles. The van der Waals surface area contributed by atoms with Crippen LogP contribution in [0.15, 0.2) is 12.2 Å². The molecule has 1 heterocycles. The van der Waals surface area contributed by atoms with Gasteiger partial charge in [-0.05, 0) is 18.1 Å². The van der Waals surface area contributed by atoms with Gasteiger partial charge in [0.25, 0.3) is 5.85 Å². The molecule has 0 radical (unpaired) electrons. The number of rotatable bonds is 3. The first-order chi connectivity index (χ1) is 7.06. The van der Waals surface area contributed by atoms with E-state index in [0.29, 0.717) is 0 Å². The van der Waals surface area contributed by atoms with Gasteiger partial charge in [-0.1, -0.05) is 20.8 Å². The summed E-state index contributed by atoms with van der Waals surface area (Å²) in [7, 11) is -2.01. The van der Waals surface area contributed by atoms with Crippen molar-refractivity contribution >= 4 is 14.3 Å². The Hall–Kier alpha value is -0.683. The first-order valence-corrected chi connectivity index (χ1v) is 8.22. The molecule has 1 atom stereocenters. The molecule has 0 saturated carbocycles. The minimum absolute atomic E-state index is 0.00961. The second-order valence-electron chi connectivity index (χ2n) is 5.59. The van der Waals surface area contributed by atoms with E-state index in [1.807, 2.05) is 13.1 Å². The molecule has 1 aliphatic rings. The summed E-state index contributed by atoms with van der Waals surface area (Å²) in [5.41, 5.74) is 0. The largest absolute Gasteiger partial charge is 0.419 e. The average molecular weight is 246 g/mol. The first-order valence-electron chi connectivity index (χ1n) is 5.31. The van der Waals surface area contributed by atoms with E-state index < -0.39 is 20.1 Å². The summed E-state index contributed by atoms with van der Waals surface area (Å²) in [6, 6.07) is 0. The Bertz CT molecular complexity index is 320. The normalized spacial score (nSPS) is 26.0. The molecule has 0 bridgehead atoms. The lowest BCUT2D eigenvalue weighted by Crippen LogP contribution is -2.44. The molecule has 0 N–H and O–H groups in total. The molecule has 0 aliphatic carbocycles. The molecule has 0 amide bonds. The smallest absolute Gasteiger partial charge is 0.333 e. The summed E-state index contributed by atoms with van der Waals surface area (Å²) in [4.78, 5) is 10.8. The standard InChI is InChI=1S/C11H19FO3Si/c1-10(2,3)16(4,5)14-8-11(12)7-6-9(13)15-11/h6-7H,8H2,1-5H3/t11-/m0/s1. The van der Waals surface area contributed by atoms with E-state index in [2.05, 4.69) is 25.5 Å². The zero-order chi connectivity index (χ0) is 12.6. The Morgan fingerprint density at radius 3 is 2.44 bits per heavy atom. The minimum atomic E-state index is -2.08. The fourth-order valence-corrected chi connectivity index (χ4v) is 1.99. The van der Waals surface area contributed by atoms with Crippen LogP contribution in [0.4, 0.5) is 4.39 Å². The number of hydrogen-bond donors (Lipinski definition) is 0. The fourth-order valence-electron chi connectivity index (χ4n) is 1.00. The summed E-state index contributed by atoms with van der Waals surface area (Å²) < 4.78 is 24.1. The number of alkyl halides is 1. The molecule has 0 aromatic heterocycles. The number of cyclic esters (lactones) is 1. The van der Waals surface area contributed by atoms with E-state index >= 15 is 0 Å². The van der Waals surface area contributed by atoms with Gasteiger partial charge in [0.1, 0.15) is 6.61 Å². The molecule has 3 nitrogen and oxygen atoms in total. The summed E-state index contributed by atoms with van der Waals surface area (Å²) in [6.45, 7) is 10.0. The lowest BCUT2D eigenvalue weighted by molar-refractivity contribution is -0.165. The van der Waals surface area contributed by atoms with Crippen LogP contribution in [0.2, 0.25) is 18.1 Å². The van der Waals surface area contributed by atoms with Gasteiger partial charge in [0, 0.05) is 12.2 Å². The van der Waals surface area contributed by atoms with Crippen molar-refractivity contribution in [1.29, 1.82) is 0 Å². The predicted molar refractivity (Wildman–Crippen MR) is 62.2 cm³/mol. The maximum atomic E-state index is 13.8. The summed E-state index contributed by atoms with van der Waals surface area (Å²) in [5.74, 6) is -2.73. The third kappa shape index (κ3) is 2.92. The Morgan fingerprint density at radius 1 is 1.50 bits per heavy atom. The third-order valence-corrected chi connectivity index (χ3v) is 7.65. The maximum Gasteiger partial charge on any atom is 0.333 e.